The molecule has 0 unspecified atom stereocenters. The Kier molecular flexibility index (Phi) is 4.23. The van der Waals surface area contributed by atoms with Crippen molar-refractivity contribution in [3.05, 3.63) is 0 Å². The molecule has 1 amide bonds. The second-order valence-electron chi connectivity index (χ2n) is 7.36. The Morgan fingerprint density at radius 1 is 1.17 bits per heavy atom. The van der Waals surface area contributed by atoms with Crippen LogP contribution in [0.15, 0.2) is 0 Å². The minimum absolute atomic E-state index is 0.0814. The number of hydrogen-bond acceptors (Lipinski definition) is 4. The molecule has 3 saturated heterocycles. The monoisotopic (exact) mass is 344 g/mol. The molecule has 0 saturated carbocycles. The summed E-state index contributed by atoms with van der Waals surface area (Å²) in [6.07, 6.45) is 2.41. The van der Waals surface area contributed by atoms with Gasteiger partial charge in [0, 0.05) is 52.2 Å². The summed E-state index contributed by atoms with van der Waals surface area (Å²) in [4.78, 5) is 15.0. The van der Waals surface area contributed by atoms with Crippen LogP contribution in [0.2, 0.25) is 0 Å². The molecule has 0 radical (unpaired) electrons. The van der Waals surface area contributed by atoms with Crippen molar-refractivity contribution >= 4 is 16.1 Å². The molecule has 0 aliphatic carbocycles. The zero-order valence-electron chi connectivity index (χ0n) is 14.3. The predicted molar refractivity (Wildman–Crippen MR) is 88.0 cm³/mol. The number of carbonyl (C=O) groups excluding carboxylic acids is 1. The molecule has 0 aromatic carbocycles. The van der Waals surface area contributed by atoms with E-state index in [0.717, 1.165) is 45.4 Å². The van der Waals surface area contributed by atoms with Gasteiger partial charge in [-0.1, -0.05) is 6.92 Å². The van der Waals surface area contributed by atoms with Crippen LogP contribution in [0.4, 0.5) is 0 Å². The molecule has 1 N–H and O–H groups in total. The molecule has 3 heterocycles. The quantitative estimate of drug-likeness (QED) is 0.764. The first-order valence-corrected chi connectivity index (χ1v) is 9.85. The molecular formula is C15H28N4O3S. The Morgan fingerprint density at radius 3 is 2.30 bits per heavy atom. The van der Waals surface area contributed by atoms with Gasteiger partial charge < -0.3 is 10.2 Å². The van der Waals surface area contributed by atoms with Gasteiger partial charge in [-0.2, -0.15) is 17.0 Å². The lowest BCUT2D eigenvalue weighted by Crippen LogP contribution is -2.54. The fourth-order valence-corrected chi connectivity index (χ4v) is 5.86. The van der Waals surface area contributed by atoms with Gasteiger partial charge in [0.05, 0.1) is 5.41 Å². The van der Waals surface area contributed by atoms with E-state index in [1.807, 2.05) is 0 Å². The first-order chi connectivity index (χ1) is 10.8. The maximum Gasteiger partial charge on any atom is 0.281 e. The first kappa shape index (κ1) is 17.1. The van der Waals surface area contributed by atoms with Crippen LogP contribution in [0, 0.1) is 10.8 Å². The third-order valence-electron chi connectivity index (χ3n) is 6.22. The van der Waals surface area contributed by atoms with Crippen molar-refractivity contribution in [3.63, 3.8) is 0 Å². The normalized spacial score (nSPS) is 32.3. The van der Waals surface area contributed by atoms with Gasteiger partial charge in [-0.25, -0.2) is 0 Å². The van der Waals surface area contributed by atoms with E-state index < -0.39 is 10.2 Å². The third-order valence-corrected chi connectivity index (χ3v) is 8.16. The lowest BCUT2D eigenvalue weighted by Gasteiger charge is -2.46. The Bertz CT molecular complexity index is 584. The van der Waals surface area contributed by atoms with Crippen LogP contribution in [-0.2, 0) is 15.0 Å². The van der Waals surface area contributed by atoms with Crippen LogP contribution in [0.1, 0.15) is 26.2 Å². The van der Waals surface area contributed by atoms with E-state index in [2.05, 4.69) is 17.1 Å². The summed E-state index contributed by atoms with van der Waals surface area (Å²) in [5.41, 5.74) is -0.404. The second-order valence-corrected chi connectivity index (χ2v) is 9.50. The van der Waals surface area contributed by atoms with Gasteiger partial charge >= 0.3 is 0 Å². The highest BCUT2D eigenvalue weighted by Gasteiger charge is 2.63. The van der Waals surface area contributed by atoms with Crippen molar-refractivity contribution in [1.29, 1.82) is 0 Å². The van der Waals surface area contributed by atoms with Gasteiger partial charge in [-0.15, -0.1) is 0 Å². The number of fused-ring (bicyclic) bond motifs is 1. The molecule has 3 rings (SSSR count). The van der Waals surface area contributed by atoms with Gasteiger partial charge in [-0.3, -0.25) is 4.79 Å². The molecule has 3 fully saturated rings. The smallest absolute Gasteiger partial charge is 0.281 e. The summed E-state index contributed by atoms with van der Waals surface area (Å²) in [7, 11) is -0.222. The molecule has 3 aliphatic heterocycles. The first-order valence-electron chi connectivity index (χ1n) is 8.46. The summed E-state index contributed by atoms with van der Waals surface area (Å²) in [6, 6.07) is 0. The summed E-state index contributed by atoms with van der Waals surface area (Å²) < 4.78 is 27.5. The fourth-order valence-electron chi connectivity index (χ4n) is 4.75. The van der Waals surface area contributed by atoms with Crippen molar-refractivity contribution < 1.29 is 13.2 Å². The molecule has 1 atom stereocenters. The van der Waals surface area contributed by atoms with Gasteiger partial charge in [0.1, 0.15) is 0 Å². The van der Waals surface area contributed by atoms with E-state index in [1.54, 1.807) is 18.4 Å². The molecule has 0 aromatic rings. The Labute approximate surface area is 139 Å². The molecule has 23 heavy (non-hydrogen) atoms. The van der Waals surface area contributed by atoms with E-state index in [0.29, 0.717) is 13.1 Å². The Morgan fingerprint density at radius 2 is 1.83 bits per heavy atom. The second kappa shape index (κ2) is 5.68. The van der Waals surface area contributed by atoms with Crippen molar-refractivity contribution in [2.75, 3.05) is 53.4 Å². The molecule has 7 nitrogen and oxygen atoms in total. The summed E-state index contributed by atoms with van der Waals surface area (Å²) in [5, 5.41) is 3.02. The summed E-state index contributed by atoms with van der Waals surface area (Å²) in [6.45, 7) is 6.56. The van der Waals surface area contributed by atoms with E-state index in [-0.39, 0.29) is 16.7 Å². The Hall–Kier alpha value is -0.700. The molecule has 0 bridgehead atoms. The van der Waals surface area contributed by atoms with E-state index in [1.165, 1.54) is 4.31 Å². The topological polar surface area (TPSA) is 73.0 Å². The maximum atomic E-state index is 12.6. The van der Waals surface area contributed by atoms with Gasteiger partial charge in [0.2, 0.25) is 5.91 Å². The molecule has 8 heteroatoms. The van der Waals surface area contributed by atoms with Crippen LogP contribution in [-0.4, -0.2) is 81.2 Å². The average molecular weight is 344 g/mol. The van der Waals surface area contributed by atoms with Crippen molar-refractivity contribution in [1.82, 2.24) is 18.8 Å². The summed E-state index contributed by atoms with van der Waals surface area (Å²) in [5.74, 6) is 0.178. The number of carbonyl (C=O) groups is 1. The summed E-state index contributed by atoms with van der Waals surface area (Å²) >= 11 is 0. The van der Waals surface area contributed by atoms with E-state index in [9.17, 15) is 13.2 Å². The average Bonchev–Trinajstić information content (AvgIpc) is 3.03. The number of hydrogen-bond donors (Lipinski definition) is 1. The van der Waals surface area contributed by atoms with Gasteiger partial charge in [0.15, 0.2) is 0 Å². The van der Waals surface area contributed by atoms with Crippen molar-refractivity contribution in [3.8, 4) is 0 Å². The lowest BCUT2D eigenvalue weighted by atomic mass is 9.60. The number of nitrogens with zero attached hydrogens (tertiary/aromatic N) is 3. The number of nitrogens with one attached hydrogen (secondary N) is 1. The highest BCUT2D eigenvalue weighted by molar-refractivity contribution is 7.86. The van der Waals surface area contributed by atoms with Crippen LogP contribution in [0.3, 0.4) is 0 Å². The molecule has 3 aliphatic rings. The maximum absolute atomic E-state index is 12.6. The number of piperidine rings is 1. The highest BCUT2D eigenvalue weighted by atomic mass is 32.2. The van der Waals surface area contributed by atoms with Crippen LogP contribution in [0.25, 0.3) is 0 Å². The van der Waals surface area contributed by atoms with Crippen molar-refractivity contribution in [2.45, 2.75) is 26.2 Å². The highest BCUT2D eigenvalue weighted by Crippen LogP contribution is 2.56. The standard InChI is InChI=1S/C15H28N4O3S/c1-4-18-11-14(15(12-18)5-8-16-13(15)20)6-9-19(10-7-14)23(21,22)17(2)3/h4-12H2,1-3H3,(H,16,20)/t15-/m0/s1. The van der Waals surface area contributed by atoms with Crippen LogP contribution in [0.5, 0.6) is 0 Å². The molecule has 2 spiro atoms. The fraction of sp³-hybridized carbons (Fsp3) is 0.933. The van der Waals surface area contributed by atoms with E-state index in [4.69, 9.17) is 0 Å². The van der Waals surface area contributed by atoms with Crippen molar-refractivity contribution in [2.24, 2.45) is 10.8 Å². The molecule has 132 valence electrons. The number of amides is 1. The van der Waals surface area contributed by atoms with Crippen LogP contribution < -0.4 is 5.32 Å². The number of likely N-dealkylation sites (tertiary alicyclic amines) is 1. The number of rotatable bonds is 3. The molecular weight excluding hydrogens is 316 g/mol. The minimum Gasteiger partial charge on any atom is -0.356 e. The minimum atomic E-state index is -3.36. The molecule has 0 aromatic heterocycles. The van der Waals surface area contributed by atoms with E-state index >= 15 is 0 Å². The lowest BCUT2D eigenvalue weighted by molar-refractivity contribution is -0.133. The van der Waals surface area contributed by atoms with Crippen LogP contribution >= 0.6 is 0 Å². The third kappa shape index (κ3) is 2.42. The Balaban J connectivity index is 1.84. The SMILES string of the molecule is CCN1CC2(CCN(S(=O)(=O)N(C)C)CC2)[C@@]2(CCNC2=O)C1. The van der Waals surface area contributed by atoms with Gasteiger partial charge in [0.25, 0.3) is 10.2 Å². The zero-order chi connectivity index (χ0) is 16.9. The zero-order valence-corrected chi connectivity index (χ0v) is 15.2. The predicted octanol–water partition coefficient (Wildman–Crippen LogP) is -0.283. The largest absolute Gasteiger partial charge is 0.356 e. The van der Waals surface area contributed by atoms with Gasteiger partial charge in [-0.05, 0) is 25.8 Å².